The number of fused-ring (bicyclic) bond motifs is 3. The summed E-state index contributed by atoms with van der Waals surface area (Å²) in [5, 5.41) is 13.7. The molecule has 1 saturated heterocycles. The maximum atomic E-state index is 13.7. The summed E-state index contributed by atoms with van der Waals surface area (Å²) in [4.78, 5) is 21.6. The number of carbonyl (C=O) groups is 1. The molecule has 1 amide bonds. The fourth-order valence-corrected chi connectivity index (χ4v) is 5.54. The average molecular weight is 522 g/mol. The van der Waals surface area contributed by atoms with Crippen LogP contribution in [-0.2, 0) is 23.3 Å². The lowest BCUT2D eigenvalue weighted by molar-refractivity contribution is -0.115. The van der Waals surface area contributed by atoms with Gasteiger partial charge >= 0.3 is 0 Å². The lowest BCUT2D eigenvalue weighted by Crippen LogP contribution is -2.48. The zero-order valence-electron chi connectivity index (χ0n) is 21.2. The molecule has 9 heteroatoms. The van der Waals surface area contributed by atoms with E-state index in [1.807, 2.05) is 37.5 Å². The van der Waals surface area contributed by atoms with Gasteiger partial charge in [0.2, 0.25) is 0 Å². The van der Waals surface area contributed by atoms with Crippen LogP contribution in [0.1, 0.15) is 55.2 Å². The lowest BCUT2D eigenvalue weighted by Gasteiger charge is -2.30. The molecular formula is C28H32ClN5O3. The predicted molar refractivity (Wildman–Crippen MR) is 143 cm³/mol. The first-order chi connectivity index (χ1) is 18.0. The number of aryl methyl sites for hydroxylation is 1. The van der Waals surface area contributed by atoms with Crippen molar-refractivity contribution in [3.05, 3.63) is 58.2 Å². The lowest BCUT2D eigenvalue weighted by atomic mass is 9.92. The van der Waals surface area contributed by atoms with Crippen LogP contribution < -0.4 is 10.1 Å². The predicted octanol–water partition coefficient (Wildman–Crippen LogP) is 4.39. The highest BCUT2D eigenvalue weighted by atomic mass is 35.5. The second-order valence-corrected chi connectivity index (χ2v) is 10.8. The fourth-order valence-electron chi connectivity index (χ4n) is 5.31. The Kier molecular flexibility index (Phi) is 6.55. The maximum absolute atomic E-state index is 13.7. The van der Waals surface area contributed by atoms with Gasteiger partial charge in [-0.3, -0.25) is 9.48 Å². The van der Waals surface area contributed by atoms with Crippen LogP contribution in [0.15, 0.2) is 41.7 Å². The second kappa shape index (κ2) is 9.99. The molecule has 8 nitrogen and oxygen atoms in total. The van der Waals surface area contributed by atoms with Crippen LogP contribution in [0.5, 0.6) is 5.75 Å². The molecule has 2 atom stereocenters. The summed E-state index contributed by atoms with van der Waals surface area (Å²) in [6.45, 7) is 5.27. The molecule has 0 radical (unpaired) electrons. The number of aromatic nitrogens is 2. The van der Waals surface area contributed by atoms with Crippen molar-refractivity contribution >= 4 is 34.1 Å². The van der Waals surface area contributed by atoms with E-state index in [-0.39, 0.29) is 24.0 Å². The molecule has 1 saturated carbocycles. The molecule has 3 heterocycles. The molecule has 3 aromatic rings. The van der Waals surface area contributed by atoms with Gasteiger partial charge in [0.05, 0.1) is 16.6 Å². The third kappa shape index (κ3) is 5.05. The van der Waals surface area contributed by atoms with Crippen LogP contribution in [0.25, 0.3) is 10.9 Å². The highest BCUT2D eigenvalue weighted by Crippen LogP contribution is 2.35. The largest absolute Gasteiger partial charge is 0.489 e. The minimum Gasteiger partial charge on any atom is -0.489 e. The van der Waals surface area contributed by atoms with Gasteiger partial charge < -0.3 is 19.8 Å². The van der Waals surface area contributed by atoms with Crippen molar-refractivity contribution in [3.63, 3.8) is 0 Å². The van der Waals surface area contributed by atoms with Crippen molar-refractivity contribution < 1.29 is 14.4 Å². The van der Waals surface area contributed by atoms with Gasteiger partial charge in [-0.05, 0) is 56.5 Å². The summed E-state index contributed by atoms with van der Waals surface area (Å²) in [7, 11) is 1.89. The first-order valence-electron chi connectivity index (χ1n) is 13.1. The van der Waals surface area contributed by atoms with Crippen LogP contribution in [0.3, 0.4) is 0 Å². The summed E-state index contributed by atoms with van der Waals surface area (Å²) < 4.78 is 7.70. The Balaban J connectivity index is 1.25. The van der Waals surface area contributed by atoms with Gasteiger partial charge in [0.25, 0.3) is 5.91 Å². The molecule has 0 bridgehead atoms. The summed E-state index contributed by atoms with van der Waals surface area (Å²) >= 11 is 6.59. The van der Waals surface area contributed by atoms with Crippen molar-refractivity contribution in [3.8, 4) is 5.75 Å². The minimum absolute atomic E-state index is 0.0277. The van der Waals surface area contributed by atoms with Gasteiger partial charge in [0, 0.05) is 48.3 Å². The van der Waals surface area contributed by atoms with Crippen molar-refractivity contribution in [2.75, 3.05) is 19.6 Å². The third-order valence-electron chi connectivity index (χ3n) is 7.61. The zero-order chi connectivity index (χ0) is 25.5. The van der Waals surface area contributed by atoms with E-state index in [1.54, 1.807) is 4.68 Å². The number of rotatable bonds is 8. The normalized spacial score (nSPS) is 19.2. The number of carbonyl (C=O) groups excluding carboxylic acids is 1. The SMILES string of the molecule is C[C@H](c1ccc(OC2CC2)c(Cl)c1)[C@@H](CN1CCCC1)NC(=O)C1=NOCc2c1ccc1cn(C)nc21. The number of nitrogens with zero attached hydrogens (tertiary/aromatic N) is 4. The van der Waals surface area contributed by atoms with E-state index >= 15 is 0 Å². The molecule has 1 N–H and O–H groups in total. The number of ether oxygens (including phenoxy) is 1. The second-order valence-electron chi connectivity index (χ2n) is 10.4. The zero-order valence-corrected chi connectivity index (χ0v) is 22.0. The summed E-state index contributed by atoms with van der Waals surface area (Å²) in [6, 6.07) is 9.77. The highest BCUT2D eigenvalue weighted by Gasteiger charge is 2.31. The van der Waals surface area contributed by atoms with Gasteiger partial charge in [0.1, 0.15) is 12.4 Å². The number of likely N-dealkylation sites (tertiary alicyclic amines) is 1. The van der Waals surface area contributed by atoms with Crippen LogP contribution >= 0.6 is 11.6 Å². The van der Waals surface area contributed by atoms with Crippen LogP contribution in [0, 0.1) is 0 Å². The molecule has 2 fully saturated rings. The Labute approximate surface area is 221 Å². The van der Waals surface area contributed by atoms with Gasteiger partial charge in [-0.2, -0.15) is 5.10 Å². The number of hydrogen-bond acceptors (Lipinski definition) is 6. The Morgan fingerprint density at radius 2 is 2.05 bits per heavy atom. The molecule has 194 valence electrons. The summed E-state index contributed by atoms with van der Waals surface area (Å²) in [5.41, 5.74) is 3.85. The smallest absolute Gasteiger partial charge is 0.274 e. The minimum atomic E-state index is -0.243. The molecule has 1 aliphatic carbocycles. The number of amides is 1. The van der Waals surface area contributed by atoms with Crippen LogP contribution in [0.2, 0.25) is 5.02 Å². The quantitative estimate of drug-likeness (QED) is 0.475. The van der Waals surface area contributed by atoms with E-state index in [1.165, 1.54) is 12.8 Å². The van der Waals surface area contributed by atoms with Crippen molar-refractivity contribution in [1.29, 1.82) is 0 Å². The molecule has 2 aromatic carbocycles. The van der Waals surface area contributed by atoms with Gasteiger partial charge in [-0.15, -0.1) is 0 Å². The number of nitrogens with one attached hydrogen (secondary N) is 1. The van der Waals surface area contributed by atoms with Gasteiger partial charge in [0.15, 0.2) is 5.71 Å². The van der Waals surface area contributed by atoms with E-state index in [2.05, 4.69) is 33.5 Å². The Bertz CT molecular complexity index is 1360. The molecule has 0 spiro atoms. The summed E-state index contributed by atoms with van der Waals surface area (Å²) in [6.07, 6.45) is 6.78. The topological polar surface area (TPSA) is 81.0 Å². The maximum Gasteiger partial charge on any atom is 0.274 e. The van der Waals surface area contributed by atoms with Crippen molar-refractivity contribution in [2.45, 2.75) is 57.3 Å². The van der Waals surface area contributed by atoms with E-state index in [0.717, 1.165) is 65.8 Å². The molecule has 6 rings (SSSR count). The molecular weight excluding hydrogens is 490 g/mol. The van der Waals surface area contributed by atoms with E-state index in [9.17, 15) is 4.79 Å². The number of benzene rings is 2. The van der Waals surface area contributed by atoms with Gasteiger partial charge in [-0.1, -0.05) is 41.9 Å². The summed E-state index contributed by atoms with van der Waals surface area (Å²) in [5.74, 6) is 0.512. The monoisotopic (exact) mass is 521 g/mol. The fraction of sp³-hybridized carbons (Fsp3) is 0.464. The molecule has 2 aliphatic heterocycles. The molecule has 1 aromatic heterocycles. The third-order valence-corrected chi connectivity index (χ3v) is 7.90. The van der Waals surface area contributed by atoms with Crippen LogP contribution in [0.4, 0.5) is 0 Å². The Morgan fingerprint density at radius 1 is 1.24 bits per heavy atom. The Morgan fingerprint density at radius 3 is 2.81 bits per heavy atom. The standard InChI is InChI=1S/C28H32ClN5O3/c1-17(18-6-10-25(23(29)13-18)37-20-7-8-20)24(15-34-11-3-4-12-34)30-28(35)27-21-9-5-19-14-33(2)31-26(19)22(21)16-36-32-27/h5-6,9-10,13-14,17,20,24H,3-4,7-8,11-12,15-16H2,1-2H3,(H,30,35)/t17-,24-/m1/s1. The molecule has 0 unspecified atom stereocenters. The molecule has 3 aliphatic rings. The first-order valence-corrected chi connectivity index (χ1v) is 13.5. The van der Waals surface area contributed by atoms with E-state index < -0.39 is 0 Å². The number of hydrogen-bond donors (Lipinski definition) is 1. The van der Waals surface area contributed by atoms with Crippen molar-refractivity contribution in [2.24, 2.45) is 12.2 Å². The number of halogens is 1. The van der Waals surface area contributed by atoms with Crippen LogP contribution in [-0.4, -0.2) is 58.1 Å². The van der Waals surface area contributed by atoms with Crippen molar-refractivity contribution in [1.82, 2.24) is 20.0 Å². The van der Waals surface area contributed by atoms with Gasteiger partial charge in [-0.25, -0.2) is 0 Å². The van der Waals surface area contributed by atoms with E-state index in [0.29, 0.717) is 17.3 Å². The van der Waals surface area contributed by atoms with E-state index in [4.69, 9.17) is 21.2 Å². The first kappa shape index (κ1) is 24.2. The average Bonchev–Trinajstić information content (AvgIpc) is 3.39. The molecule has 37 heavy (non-hydrogen) atoms. The highest BCUT2D eigenvalue weighted by molar-refractivity contribution is 6.46. The number of oxime groups is 1. The Hall–Kier alpha value is -3.10.